The van der Waals surface area contributed by atoms with Crippen LogP contribution in [0.15, 0.2) is 0 Å². The van der Waals surface area contributed by atoms with E-state index in [1.807, 2.05) is 0 Å². The van der Waals surface area contributed by atoms with E-state index in [4.69, 9.17) is 5.84 Å². The van der Waals surface area contributed by atoms with Crippen molar-refractivity contribution < 1.29 is 0 Å². The van der Waals surface area contributed by atoms with Crippen LogP contribution in [0.4, 0.5) is 0 Å². The maximum absolute atomic E-state index is 5.29. The average Bonchev–Trinajstić information content (AvgIpc) is 2.36. The minimum Gasteiger partial charge on any atom is -0.297 e. The Morgan fingerprint density at radius 1 is 1.64 bits per heavy atom. The van der Waals surface area contributed by atoms with Crippen LogP contribution in [0.25, 0.3) is 0 Å². The van der Waals surface area contributed by atoms with Gasteiger partial charge in [-0.05, 0) is 33.2 Å². The Morgan fingerprint density at radius 3 is 2.91 bits per heavy atom. The standard InChI is InChI=1S/C8H19N3/c1-7(2)11-5-3-4-8(11)6-10-9/h7-8,10H,3-6,9H2,1-2H3/t8-/m0/s1. The Labute approximate surface area is 68.9 Å². The number of hydrogen-bond acceptors (Lipinski definition) is 3. The third-order valence-electron chi connectivity index (χ3n) is 2.44. The lowest BCUT2D eigenvalue weighted by molar-refractivity contribution is 0.200. The molecule has 1 aliphatic rings. The second-order valence-electron chi connectivity index (χ2n) is 3.54. The number of rotatable bonds is 3. The van der Waals surface area contributed by atoms with Gasteiger partial charge in [-0.3, -0.25) is 16.2 Å². The summed E-state index contributed by atoms with van der Waals surface area (Å²) in [4.78, 5) is 2.51. The van der Waals surface area contributed by atoms with E-state index >= 15 is 0 Å². The van der Waals surface area contributed by atoms with Gasteiger partial charge in [0.15, 0.2) is 0 Å². The smallest absolute Gasteiger partial charge is 0.0254 e. The van der Waals surface area contributed by atoms with Crippen LogP contribution in [-0.2, 0) is 0 Å². The van der Waals surface area contributed by atoms with E-state index in [-0.39, 0.29) is 0 Å². The number of hydrazine groups is 1. The zero-order valence-electron chi connectivity index (χ0n) is 7.51. The molecule has 1 aliphatic heterocycles. The van der Waals surface area contributed by atoms with Gasteiger partial charge in [0.1, 0.15) is 0 Å². The largest absolute Gasteiger partial charge is 0.297 e. The van der Waals surface area contributed by atoms with Crippen molar-refractivity contribution in [2.24, 2.45) is 5.84 Å². The lowest BCUT2D eigenvalue weighted by atomic mass is 10.2. The van der Waals surface area contributed by atoms with Gasteiger partial charge in [0.05, 0.1) is 0 Å². The third-order valence-corrected chi connectivity index (χ3v) is 2.44. The van der Waals surface area contributed by atoms with Crippen molar-refractivity contribution in [3.05, 3.63) is 0 Å². The van der Waals surface area contributed by atoms with Gasteiger partial charge in [-0.1, -0.05) is 0 Å². The molecule has 0 aromatic heterocycles. The molecule has 1 heterocycles. The highest BCUT2D eigenvalue weighted by Crippen LogP contribution is 2.18. The van der Waals surface area contributed by atoms with Crippen LogP contribution < -0.4 is 11.3 Å². The molecule has 11 heavy (non-hydrogen) atoms. The fourth-order valence-electron chi connectivity index (χ4n) is 1.89. The molecule has 0 bridgehead atoms. The van der Waals surface area contributed by atoms with Crippen molar-refractivity contribution in [2.75, 3.05) is 13.1 Å². The predicted molar refractivity (Wildman–Crippen MR) is 47.1 cm³/mol. The monoisotopic (exact) mass is 157 g/mol. The SMILES string of the molecule is CC(C)N1CCC[C@H]1CNN. The van der Waals surface area contributed by atoms with Gasteiger partial charge in [-0.25, -0.2) is 0 Å². The summed E-state index contributed by atoms with van der Waals surface area (Å²) in [5.74, 6) is 5.29. The number of likely N-dealkylation sites (tertiary alicyclic amines) is 1. The molecule has 1 saturated heterocycles. The average molecular weight is 157 g/mol. The molecular formula is C8H19N3. The maximum Gasteiger partial charge on any atom is 0.0254 e. The molecule has 0 spiro atoms. The molecular weight excluding hydrogens is 138 g/mol. The van der Waals surface area contributed by atoms with Crippen LogP contribution in [0.5, 0.6) is 0 Å². The van der Waals surface area contributed by atoms with Gasteiger partial charge in [0, 0.05) is 18.6 Å². The Balaban J connectivity index is 2.37. The van der Waals surface area contributed by atoms with Gasteiger partial charge in [0.2, 0.25) is 0 Å². The highest BCUT2D eigenvalue weighted by Gasteiger charge is 2.25. The maximum atomic E-state index is 5.29. The highest BCUT2D eigenvalue weighted by molar-refractivity contribution is 4.82. The predicted octanol–water partition coefficient (Wildman–Crippen LogP) is 0.323. The zero-order chi connectivity index (χ0) is 8.27. The summed E-state index contributed by atoms with van der Waals surface area (Å²) >= 11 is 0. The van der Waals surface area contributed by atoms with Gasteiger partial charge in [0.25, 0.3) is 0 Å². The molecule has 0 aromatic carbocycles. The molecule has 0 radical (unpaired) electrons. The van der Waals surface area contributed by atoms with Crippen LogP contribution >= 0.6 is 0 Å². The van der Waals surface area contributed by atoms with E-state index in [2.05, 4.69) is 24.2 Å². The Kier molecular flexibility index (Phi) is 3.30. The van der Waals surface area contributed by atoms with E-state index in [0.717, 1.165) is 6.54 Å². The number of nitrogens with zero attached hydrogens (tertiary/aromatic N) is 1. The molecule has 0 aromatic rings. The second-order valence-corrected chi connectivity index (χ2v) is 3.54. The first-order chi connectivity index (χ1) is 5.25. The number of nitrogens with two attached hydrogens (primary N) is 1. The van der Waals surface area contributed by atoms with Crippen molar-refractivity contribution in [3.63, 3.8) is 0 Å². The zero-order valence-corrected chi connectivity index (χ0v) is 7.51. The van der Waals surface area contributed by atoms with Crippen LogP contribution in [0.2, 0.25) is 0 Å². The first kappa shape index (κ1) is 8.97. The van der Waals surface area contributed by atoms with Gasteiger partial charge in [-0.15, -0.1) is 0 Å². The molecule has 3 nitrogen and oxygen atoms in total. The van der Waals surface area contributed by atoms with Crippen molar-refractivity contribution in [2.45, 2.75) is 38.8 Å². The summed E-state index contributed by atoms with van der Waals surface area (Å²) in [5, 5.41) is 0. The summed E-state index contributed by atoms with van der Waals surface area (Å²) in [6, 6.07) is 1.33. The minimum absolute atomic E-state index is 0.663. The molecule has 0 saturated carbocycles. The third kappa shape index (κ3) is 2.15. The van der Waals surface area contributed by atoms with Crippen molar-refractivity contribution in [1.82, 2.24) is 10.3 Å². The molecule has 0 unspecified atom stereocenters. The van der Waals surface area contributed by atoms with Gasteiger partial charge < -0.3 is 0 Å². The molecule has 66 valence electrons. The fourth-order valence-corrected chi connectivity index (χ4v) is 1.89. The Morgan fingerprint density at radius 2 is 2.36 bits per heavy atom. The lowest BCUT2D eigenvalue weighted by Crippen LogP contribution is -2.43. The number of nitrogens with one attached hydrogen (secondary N) is 1. The highest BCUT2D eigenvalue weighted by atomic mass is 15.3. The van der Waals surface area contributed by atoms with Crippen LogP contribution in [-0.4, -0.2) is 30.1 Å². The van der Waals surface area contributed by atoms with Crippen LogP contribution in [0.1, 0.15) is 26.7 Å². The molecule has 0 amide bonds. The minimum atomic E-state index is 0.663. The topological polar surface area (TPSA) is 41.3 Å². The summed E-state index contributed by atoms with van der Waals surface area (Å²) in [6.07, 6.45) is 2.62. The Hall–Kier alpha value is -0.120. The molecule has 1 atom stereocenters. The van der Waals surface area contributed by atoms with E-state index in [9.17, 15) is 0 Å². The molecule has 3 heteroatoms. The Bertz CT molecular complexity index is 114. The van der Waals surface area contributed by atoms with E-state index in [1.54, 1.807) is 0 Å². The first-order valence-corrected chi connectivity index (χ1v) is 4.45. The quantitative estimate of drug-likeness (QED) is 0.458. The first-order valence-electron chi connectivity index (χ1n) is 4.45. The summed E-state index contributed by atoms with van der Waals surface area (Å²) in [6.45, 7) is 6.66. The van der Waals surface area contributed by atoms with Crippen LogP contribution in [0, 0.1) is 0 Å². The van der Waals surface area contributed by atoms with Gasteiger partial charge >= 0.3 is 0 Å². The van der Waals surface area contributed by atoms with Gasteiger partial charge in [-0.2, -0.15) is 0 Å². The van der Waals surface area contributed by atoms with Crippen molar-refractivity contribution in [3.8, 4) is 0 Å². The van der Waals surface area contributed by atoms with E-state index in [1.165, 1.54) is 19.4 Å². The summed E-state index contributed by atoms with van der Waals surface area (Å²) in [5.41, 5.74) is 2.75. The second kappa shape index (κ2) is 4.04. The molecule has 1 rings (SSSR count). The summed E-state index contributed by atoms with van der Waals surface area (Å²) in [7, 11) is 0. The van der Waals surface area contributed by atoms with Crippen molar-refractivity contribution in [1.29, 1.82) is 0 Å². The molecule has 1 fully saturated rings. The fraction of sp³-hybridized carbons (Fsp3) is 1.00. The lowest BCUT2D eigenvalue weighted by Gasteiger charge is -2.27. The van der Waals surface area contributed by atoms with E-state index in [0.29, 0.717) is 12.1 Å². The molecule has 3 N–H and O–H groups in total. The van der Waals surface area contributed by atoms with E-state index < -0.39 is 0 Å². The van der Waals surface area contributed by atoms with Crippen LogP contribution in [0.3, 0.4) is 0 Å². The van der Waals surface area contributed by atoms with Crippen molar-refractivity contribution >= 4 is 0 Å². The number of hydrogen-bond donors (Lipinski definition) is 2. The normalized spacial score (nSPS) is 26.7. The molecule has 0 aliphatic carbocycles. The summed E-state index contributed by atoms with van der Waals surface area (Å²) < 4.78 is 0.